The summed E-state index contributed by atoms with van der Waals surface area (Å²) in [7, 11) is 0. The van der Waals surface area contributed by atoms with Crippen molar-refractivity contribution in [1.82, 2.24) is 5.32 Å². The number of benzene rings is 2. The number of anilines is 1. The maximum absolute atomic E-state index is 12.5. The SMILES string of the molecule is CCOc1ccc(CCCNC(=O)C2CCN(c3ccc(C)cc3)CC2)cc1. The maximum atomic E-state index is 12.5. The van der Waals surface area contributed by atoms with Crippen LogP contribution in [0.4, 0.5) is 5.69 Å². The zero-order chi connectivity index (χ0) is 19.8. The van der Waals surface area contributed by atoms with Crippen molar-refractivity contribution in [1.29, 1.82) is 0 Å². The first-order chi connectivity index (χ1) is 13.7. The van der Waals surface area contributed by atoms with Gasteiger partial charge in [0.25, 0.3) is 0 Å². The second kappa shape index (κ2) is 10.2. The first-order valence-electron chi connectivity index (χ1n) is 10.5. The van der Waals surface area contributed by atoms with Gasteiger partial charge in [-0.25, -0.2) is 0 Å². The van der Waals surface area contributed by atoms with Crippen LogP contribution in [-0.4, -0.2) is 32.1 Å². The van der Waals surface area contributed by atoms with Gasteiger partial charge in [0.1, 0.15) is 5.75 Å². The van der Waals surface area contributed by atoms with E-state index in [1.807, 2.05) is 19.1 Å². The average molecular weight is 381 g/mol. The number of nitrogens with one attached hydrogen (secondary N) is 1. The fraction of sp³-hybridized carbons (Fsp3) is 0.458. The quantitative estimate of drug-likeness (QED) is 0.692. The van der Waals surface area contributed by atoms with Gasteiger partial charge in [-0.3, -0.25) is 4.79 Å². The van der Waals surface area contributed by atoms with Gasteiger partial charge in [-0.05, 0) is 69.4 Å². The van der Waals surface area contributed by atoms with Crippen molar-refractivity contribution in [2.24, 2.45) is 5.92 Å². The zero-order valence-corrected chi connectivity index (χ0v) is 17.1. The van der Waals surface area contributed by atoms with Crippen LogP contribution < -0.4 is 15.0 Å². The van der Waals surface area contributed by atoms with Crippen LogP contribution in [0, 0.1) is 12.8 Å². The van der Waals surface area contributed by atoms with Gasteiger partial charge < -0.3 is 15.0 Å². The normalized spacial score (nSPS) is 14.7. The van der Waals surface area contributed by atoms with E-state index in [1.54, 1.807) is 0 Å². The molecule has 0 unspecified atom stereocenters. The Bertz CT molecular complexity index is 732. The maximum Gasteiger partial charge on any atom is 0.223 e. The van der Waals surface area contributed by atoms with Crippen LogP contribution in [0.3, 0.4) is 0 Å². The molecule has 0 spiro atoms. The Morgan fingerprint density at radius 1 is 1.07 bits per heavy atom. The molecule has 0 aliphatic carbocycles. The third kappa shape index (κ3) is 5.75. The van der Waals surface area contributed by atoms with Gasteiger partial charge in [0.2, 0.25) is 5.91 Å². The summed E-state index contributed by atoms with van der Waals surface area (Å²) >= 11 is 0. The van der Waals surface area contributed by atoms with Crippen molar-refractivity contribution in [3.05, 3.63) is 59.7 Å². The lowest BCUT2D eigenvalue weighted by atomic mass is 9.95. The second-order valence-corrected chi connectivity index (χ2v) is 7.57. The molecule has 28 heavy (non-hydrogen) atoms. The van der Waals surface area contributed by atoms with E-state index in [-0.39, 0.29) is 11.8 Å². The number of aryl methyl sites for hydroxylation is 2. The lowest BCUT2D eigenvalue weighted by Crippen LogP contribution is -2.40. The minimum atomic E-state index is 0.146. The molecule has 1 heterocycles. The summed E-state index contributed by atoms with van der Waals surface area (Å²) in [6, 6.07) is 16.9. The molecule has 1 amide bonds. The fourth-order valence-corrected chi connectivity index (χ4v) is 3.72. The lowest BCUT2D eigenvalue weighted by Gasteiger charge is -2.33. The van der Waals surface area contributed by atoms with E-state index in [9.17, 15) is 4.79 Å². The highest BCUT2D eigenvalue weighted by molar-refractivity contribution is 5.79. The van der Waals surface area contributed by atoms with E-state index in [2.05, 4.69) is 53.5 Å². The van der Waals surface area contributed by atoms with E-state index >= 15 is 0 Å². The smallest absolute Gasteiger partial charge is 0.223 e. The van der Waals surface area contributed by atoms with Crippen molar-refractivity contribution < 1.29 is 9.53 Å². The predicted molar refractivity (Wildman–Crippen MR) is 115 cm³/mol. The number of ether oxygens (including phenoxy) is 1. The van der Waals surface area contributed by atoms with Crippen LogP contribution in [-0.2, 0) is 11.2 Å². The van der Waals surface area contributed by atoms with Crippen molar-refractivity contribution in [2.45, 2.75) is 39.5 Å². The van der Waals surface area contributed by atoms with Gasteiger partial charge in [-0.2, -0.15) is 0 Å². The van der Waals surface area contributed by atoms with Gasteiger partial charge in [-0.15, -0.1) is 0 Å². The van der Waals surface area contributed by atoms with Crippen molar-refractivity contribution in [3.63, 3.8) is 0 Å². The minimum absolute atomic E-state index is 0.146. The molecule has 0 radical (unpaired) electrons. The summed E-state index contributed by atoms with van der Waals surface area (Å²) in [5.74, 6) is 1.28. The largest absolute Gasteiger partial charge is 0.494 e. The standard InChI is InChI=1S/C24H32N2O2/c1-3-28-23-12-8-20(9-13-23)5-4-16-25-24(27)21-14-17-26(18-15-21)22-10-6-19(2)7-11-22/h6-13,21H,3-5,14-18H2,1-2H3,(H,25,27). The van der Waals surface area contributed by atoms with Crippen molar-refractivity contribution >= 4 is 11.6 Å². The Morgan fingerprint density at radius 2 is 1.75 bits per heavy atom. The number of rotatable bonds is 8. The molecule has 4 nitrogen and oxygen atoms in total. The molecule has 4 heteroatoms. The third-order valence-electron chi connectivity index (χ3n) is 5.44. The van der Waals surface area contributed by atoms with Crippen molar-refractivity contribution in [2.75, 3.05) is 31.1 Å². The summed E-state index contributed by atoms with van der Waals surface area (Å²) in [6.07, 6.45) is 3.79. The molecular formula is C24H32N2O2. The van der Waals surface area contributed by atoms with E-state index < -0.39 is 0 Å². The Morgan fingerprint density at radius 3 is 2.39 bits per heavy atom. The molecule has 1 saturated heterocycles. The number of carbonyl (C=O) groups is 1. The highest BCUT2D eigenvalue weighted by Gasteiger charge is 2.24. The molecule has 3 rings (SSSR count). The Labute approximate surface area is 168 Å². The molecular weight excluding hydrogens is 348 g/mol. The number of amides is 1. The number of hydrogen-bond acceptors (Lipinski definition) is 3. The summed E-state index contributed by atoms with van der Waals surface area (Å²) in [4.78, 5) is 14.9. The van der Waals surface area contributed by atoms with Crippen LogP contribution >= 0.6 is 0 Å². The van der Waals surface area contributed by atoms with E-state index in [1.165, 1.54) is 16.8 Å². The Hall–Kier alpha value is -2.49. The molecule has 0 atom stereocenters. The predicted octanol–water partition coefficient (Wildman–Crippen LogP) is 4.36. The Balaban J connectivity index is 1.35. The molecule has 0 bridgehead atoms. The molecule has 0 aromatic heterocycles. The molecule has 1 N–H and O–H groups in total. The molecule has 150 valence electrons. The van der Waals surface area contributed by atoms with Crippen molar-refractivity contribution in [3.8, 4) is 5.75 Å². The Kier molecular flexibility index (Phi) is 7.35. The summed E-state index contributed by atoms with van der Waals surface area (Å²) in [5, 5.41) is 3.13. The number of piperidine rings is 1. The minimum Gasteiger partial charge on any atom is -0.494 e. The van der Waals surface area contributed by atoms with Crippen LogP contribution in [0.2, 0.25) is 0 Å². The first kappa shape index (κ1) is 20.2. The van der Waals surface area contributed by atoms with Crippen LogP contribution in [0.25, 0.3) is 0 Å². The highest BCUT2D eigenvalue weighted by atomic mass is 16.5. The lowest BCUT2D eigenvalue weighted by molar-refractivity contribution is -0.125. The van der Waals surface area contributed by atoms with Gasteiger partial charge in [0.05, 0.1) is 6.61 Å². The van der Waals surface area contributed by atoms with Crippen LogP contribution in [0.5, 0.6) is 5.75 Å². The molecule has 1 aliphatic rings. The van der Waals surface area contributed by atoms with E-state index in [4.69, 9.17) is 4.74 Å². The average Bonchev–Trinajstić information content (AvgIpc) is 2.73. The molecule has 1 fully saturated rings. The van der Waals surface area contributed by atoms with Gasteiger partial charge in [0.15, 0.2) is 0 Å². The monoisotopic (exact) mass is 380 g/mol. The topological polar surface area (TPSA) is 41.6 Å². The molecule has 0 saturated carbocycles. The number of carbonyl (C=O) groups excluding carboxylic acids is 1. The van der Waals surface area contributed by atoms with Crippen LogP contribution in [0.1, 0.15) is 37.3 Å². The van der Waals surface area contributed by atoms with Gasteiger partial charge in [0, 0.05) is 31.2 Å². The number of hydrogen-bond donors (Lipinski definition) is 1. The second-order valence-electron chi connectivity index (χ2n) is 7.57. The summed E-state index contributed by atoms with van der Waals surface area (Å²) < 4.78 is 5.47. The van der Waals surface area contributed by atoms with E-state index in [0.717, 1.165) is 51.1 Å². The highest BCUT2D eigenvalue weighted by Crippen LogP contribution is 2.23. The summed E-state index contributed by atoms with van der Waals surface area (Å²) in [6.45, 7) is 7.43. The van der Waals surface area contributed by atoms with Crippen LogP contribution in [0.15, 0.2) is 48.5 Å². The molecule has 1 aliphatic heterocycles. The first-order valence-corrected chi connectivity index (χ1v) is 10.5. The van der Waals surface area contributed by atoms with Gasteiger partial charge >= 0.3 is 0 Å². The third-order valence-corrected chi connectivity index (χ3v) is 5.44. The zero-order valence-electron chi connectivity index (χ0n) is 17.1. The van der Waals surface area contributed by atoms with E-state index in [0.29, 0.717) is 6.61 Å². The summed E-state index contributed by atoms with van der Waals surface area (Å²) in [5.41, 5.74) is 3.83. The molecule has 2 aromatic carbocycles. The number of nitrogens with zero attached hydrogens (tertiary/aromatic N) is 1. The fourth-order valence-electron chi connectivity index (χ4n) is 3.72. The molecule has 2 aromatic rings. The van der Waals surface area contributed by atoms with Gasteiger partial charge in [-0.1, -0.05) is 29.8 Å².